The van der Waals surface area contributed by atoms with Crippen LogP contribution in [0.2, 0.25) is 0 Å². The number of benzene rings is 1. The van der Waals surface area contributed by atoms with Gasteiger partial charge in [-0.25, -0.2) is 9.59 Å². The number of nitrogens with one attached hydrogen (secondary N) is 1. The molecule has 1 N–H and O–H groups in total. The van der Waals surface area contributed by atoms with Crippen molar-refractivity contribution >= 4 is 18.0 Å². The minimum Gasteiger partial charge on any atom is -0.467 e. The number of methoxy groups -OCH3 is 1. The monoisotopic (exact) mass is 404 g/mol. The van der Waals surface area contributed by atoms with Gasteiger partial charge in [-0.3, -0.25) is 4.79 Å². The van der Waals surface area contributed by atoms with Gasteiger partial charge >= 0.3 is 12.1 Å². The third-order valence-electron chi connectivity index (χ3n) is 5.27. The summed E-state index contributed by atoms with van der Waals surface area (Å²) in [6, 6.07) is 8.43. The van der Waals surface area contributed by atoms with E-state index in [2.05, 4.69) is 5.32 Å². The molecule has 29 heavy (non-hydrogen) atoms. The van der Waals surface area contributed by atoms with Gasteiger partial charge < -0.3 is 19.7 Å². The van der Waals surface area contributed by atoms with E-state index in [4.69, 9.17) is 9.47 Å². The van der Waals surface area contributed by atoms with E-state index in [9.17, 15) is 14.4 Å². The molecule has 0 aliphatic heterocycles. The van der Waals surface area contributed by atoms with Crippen LogP contribution in [-0.4, -0.2) is 54.7 Å². The predicted octanol–water partition coefficient (Wildman–Crippen LogP) is 2.88. The van der Waals surface area contributed by atoms with E-state index in [1.54, 1.807) is 25.7 Å². The van der Waals surface area contributed by atoms with E-state index in [1.807, 2.05) is 44.2 Å². The molecule has 1 saturated carbocycles. The molecule has 7 heteroatoms. The first kappa shape index (κ1) is 22.7. The Kier molecular flexibility index (Phi) is 6.93. The second kappa shape index (κ2) is 8.84. The van der Waals surface area contributed by atoms with Gasteiger partial charge in [-0.1, -0.05) is 30.3 Å². The van der Waals surface area contributed by atoms with E-state index in [0.29, 0.717) is 19.5 Å². The van der Waals surface area contributed by atoms with Crippen molar-refractivity contribution in [2.45, 2.75) is 58.1 Å². The summed E-state index contributed by atoms with van der Waals surface area (Å²) in [6.07, 6.45) is -0.265. The first-order chi connectivity index (χ1) is 13.6. The fraction of sp³-hybridized carbons (Fsp3) is 0.591. The van der Waals surface area contributed by atoms with Crippen LogP contribution in [0.3, 0.4) is 0 Å². The Balaban J connectivity index is 2.39. The number of esters is 1. The molecule has 3 atom stereocenters. The highest BCUT2D eigenvalue weighted by molar-refractivity contribution is 5.95. The molecule has 0 bridgehead atoms. The molecule has 1 fully saturated rings. The summed E-state index contributed by atoms with van der Waals surface area (Å²) in [5.41, 5.74) is -0.745. The Morgan fingerprint density at radius 3 is 2.24 bits per heavy atom. The van der Waals surface area contributed by atoms with Crippen molar-refractivity contribution in [3.05, 3.63) is 35.9 Å². The molecule has 7 nitrogen and oxygen atoms in total. The van der Waals surface area contributed by atoms with Crippen molar-refractivity contribution in [1.82, 2.24) is 10.2 Å². The van der Waals surface area contributed by atoms with Crippen LogP contribution < -0.4 is 5.32 Å². The zero-order valence-corrected chi connectivity index (χ0v) is 18.2. The maximum atomic E-state index is 13.5. The molecular formula is C22H32N2O5. The Labute approximate surface area is 172 Å². The molecule has 1 aromatic carbocycles. The second-order valence-corrected chi connectivity index (χ2v) is 8.27. The minimum atomic E-state index is -0.977. The van der Waals surface area contributed by atoms with Crippen molar-refractivity contribution in [2.75, 3.05) is 20.2 Å². The van der Waals surface area contributed by atoms with Crippen molar-refractivity contribution in [1.29, 1.82) is 0 Å². The standard InChI is InChI=1S/C22H32N2O5/c1-7-24(8-2)19(26)22(15-12-10-9-11-13-15)14-16(22)17(18(25)28-6)23-20(27)29-21(3,4)5/h9-13,16-17H,7-8,14H2,1-6H3,(H,23,27)/t16-,17+,22+/m0/s1. The van der Waals surface area contributed by atoms with Crippen LogP contribution in [0, 0.1) is 5.92 Å². The van der Waals surface area contributed by atoms with E-state index in [1.165, 1.54) is 7.11 Å². The van der Waals surface area contributed by atoms with Gasteiger partial charge in [-0.15, -0.1) is 0 Å². The van der Waals surface area contributed by atoms with Gasteiger partial charge in [-0.2, -0.15) is 0 Å². The van der Waals surface area contributed by atoms with E-state index in [-0.39, 0.29) is 5.91 Å². The van der Waals surface area contributed by atoms with Gasteiger partial charge in [-0.05, 0) is 46.6 Å². The third kappa shape index (κ3) is 4.89. The van der Waals surface area contributed by atoms with Crippen molar-refractivity contribution in [3.63, 3.8) is 0 Å². The minimum absolute atomic E-state index is 0.0430. The lowest BCUT2D eigenvalue weighted by molar-refractivity contribution is -0.144. The number of amides is 2. The number of hydrogen-bond acceptors (Lipinski definition) is 5. The van der Waals surface area contributed by atoms with Crippen LogP contribution in [0.5, 0.6) is 0 Å². The molecular weight excluding hydrogens is 372 g/mol. The highest BCUT2D eigenvalue weighted by atomic mass is 16.6. The van der Waals surface area contributed by atoms with Crippen molar-refractivity contribution < 1.29 is 23.9 Å². The fourth-order valence-corrected chi connectivity index (χ4v) is 3.81. The number of carbonyl (C=O) groups is 3. The first-order valence-electron chi connectivity index (χ1n) is 10.0. The third-order valence-corrected chi connectivity index (χ3v) is 5.27. The number of ether oxygens (including phenoxy) is 2. The number of rotatable bonds is 7. The number of hydrogen-bond donors (Lipinski definition) is 1. The van der Waals surface area contributed by atoms with E-state index in [0.717, 1.165) is 5.56 Å². The largest absolute Gasteiger partial charge is 0.467 e. The predicted molar refractivity (Wildman–Crippen MR) is 109 cm³/mol. The summed E-state index contributed by atoms with van der Waals surface area (Å²) < 4.78 is 10.2. The van der Waals surface area contributed by atoms with Crippen molar-refractivity contribution in [3.8, 4) is 0 Å². The van der Waals surface area contributed by atoms with Crippen LogP contribution in [0.4, 0.5) is 4.79 Å². The lowest BCUT2D eigenvalue weighted by atomic mass is 9.89. The number of carbonyl (C=O) groups excluding carboxylic acids is 3. The Morgan fingerprint density at radius 1 is 1.17 bits per heavy atom. The van der Waals surface area contributed by atoms with Crippen LogP contribution in [0.1, 0.15) is 46.6 Å². The molecule has 1 aliphatic carbocycles. The van der Waals surface area contributed by atoms with Gasteiger partial charge in [0, 0.05) is 19.0 Å². The van der Waals surface area contributed by atoms with Crippen molar-refractivity contribution in [2.24, 2.45) is 5.92 Å². The molecule has 1 aromatic rings. The van der Waals surface area contributed by atoms with E-state index < -0.39 is 35.0 Å². The number of nitrogens with zero attached hydrogens (tertiary/aromatic N) is 1. The quantitative estimate of drug-likeness (QED) is 0.707. The lowest BCUT2D eigenvalue weighted by Crippen LogP contribution is -2.49. The molecule has 0 radical (unpaired) electrons. The molecule has 2 amide bonds. The Hall–Kier alpha value is -2.57. The molecule has 0 heterocycles. The van der Waals surface area contributed by atoms with Gasteiger partial charge in [0.25, 0.3) is 0 Å². The summed E-state index contributed by atoms with van der Waals surface area (Å²) in [7, 11) is 1.27. The molecule has 0 aromatic heterocycles. The van der Waals surface area contributed by atoms with Crippen LogP contribution in [-0.2, 0) is 24.5 Å². The normalized spacial score (nSPS) is 21.7. The number of likely N-dealkylation sites (N-methyl/N-ethyl adjacent to an activating group) is 1. The molecule has 0 unspecified atom stereocenters. The molecule has 160 valence electrons. The molecule has 1 aliphatic rings. The van der Waals surface area contributed by atoms with Crippen LogP contribution in [0.25, 0.3) is 0 Å². The molecule has 0 saturated heterocycles. The Morgan fingerprint density at radius 2 is 1.76 bits per heavy atom. The highest BCUT2D eigenvalue weighted by Gasteiger charge is 2.66. The SMILES string of the molecule is CCN(CC)C(=O)[C@@]1(c2ccccc2)C[C@H]1[C@@H](NC(=O)OC(C)(C)C)C(=O)OC. The lowest BCUT2D eigenvalue weighted by Gasteiger charge is -2.28. The van der Waals surface area contributed by atoms with Crippen LogP contribution >= 0.6 is 0 Å². The average molecular weight is 405 g/mol. The Bertz CT molecular complexity index is 739. The maximum absolute atomic E-state index is 13.5. The average Bonchev–Trinajstić information content (AvgIpc) is 3.42. The van der Waals surface area contributed by atoms with Crippen LogP contribution in [0.15, 0.2) is 30.3 Å². The summed E-state index contributed by atoms with van der Waals surface area (Å²) in [6.45, 7) is 10.2. The number of alkyl carbamates (subject to hydrolysis) is 1. The van der Waals surface area contributed by atoms with Gasteiger partial charge in [0.1, 0.15) is 11.6 Å². The van der Waals surface area contributed by atoms with Gasteiger partial charge in [0.2, 0.25) is 5.91 Å². The second-order valence-electron chi connectivity index (χ2n) is 8.27. The zero-order valence-electron chi connectivity index (χ0n) is 18.2. The van der Waals surface area contributed by atoms with Gasteiger partial charge in [0.05, 0.1) is 12.5 Å². The highest BCUT2D eigenvalue weighted by Crippen LogP contribution is 2.57. The maximum Gasteiger partial charge on any atom is 0.408 e. The van der Waals surface area contributed by atoms with Gasteiger partial charge in [0.15, 0.2) is 0 Å². The molecule has 0 spiro atoms. The zero-order chi connectivity index (χ0) is 21.8. The fourth-order valence-electron chi connectivity index (χ4n) is 3.81. The van der Waals surface area contributed by atoms with E-state index >= 15 is 0 Å². The molecule has 2 rings (SSSR count). The first-order valence-corrected chi connectivity index (χ1v) is 10.0. The summed E-state index contributed by atoms with van der Waals surface area (Å²) in [4.78, 5) is 40.1. The summed E-state index contributed by atoms with van der Waals surface area (Å²) >= 11 is 0. The summed E-state index contributed by atoms with van der Waals surface area (Å²) in [5.74, 6) is -1.05. The smallest absolute Gasteiger partial charge is 0.408 e. The summed E-state index contributed by atoms with van der Waals surface area (Å²) in [5, 5.41) is 2.63. The topological polar surface area (TPSA) is 84.9 Å².